The molecule has 0 saturated carbocycles. The Labute approximate surface area is 248 Å². The Bertz CT molecular complexity index is 1640. The highest BCUT2D eigenvalue weighted by Gasteiger charge is 2.47. The molecule has 2 aromatic carbocycles. The van der Waals surface area contributed by atoms with Crippen LogP contribution in [0.4, 0.5) is 14.5 Å². The molecule has 2 aliphatic rings. The number of amides is 1. The van der Waals surface area contributed by atoms with E-state index in [0.717, 1.165) is 12.8 Å². The van der Waals surface area contributed by atoms with Gasteiger partial charge in [-0.2, -0.15) is 4.31 Å². The number of hydrogen-bond acceptors (Lipinski definition) is 7. The lowest BCUT2D eigenvalue weighted by molar-refractivity contribution is -0.151. The van der Waals surface area contributed by atoms with E-state index in [1.807, 2.05) is 12.1 Å². The molecule has 1 fully saturated rings. The molecule has 9 nitrogen and oxygen atoms in total. The van der Waals surface area contributed by atoms with Crippen LogP contribution in [0, 0.1) is 5.92 Å². The van der Waals surface area contributed by atoms with Crippen molar-refractivity contribution in [1.82, 2.24) is 14.6 Å². The van der Waals surface area contributed by atoms with Crippen LogP contribution >= 0.6 is 0 Å². The van der Waals surface area contributed by atoms with E-state index in [4.69, 9.17) is 0 Å². The van der Waals surface area contributed by atoms with E-state index in [-0.39, 0.29) is 17.0 Å². The van der Waals surface area contributed by atoms with Crippen LogP contribution in [0.15, 0.2) is 96.2 Å². The van der Waals surface area contributed by atoms with Crippen LogP contribution in [0.2, 0.25) is 0 Å². The van der Waals surface area contributed by atoms with E-state index in [1.165, 1.54) is 40.7 Å². The Morgan fingerprint density at radius 1 is 0.977 bits per heavy atom. The van der Waals surface area contributed by atoms with E-state index in [2.05, 4.69) is 19.9 Å². The van der Waals surface area contributed by atoms with Gasteiger partial charge in [-0.05, 0) is 59.2 Å². The molecule has 0 bridgehead atoms. The number of methoxy groups -OCH3 is 1. The van der Waals surface area contributed by atoms with Crippen LogP contribution < -0.4 is 10.2 Å². The zero-order chi connectivity index (χ0) is 30.6. The third-order valence-corrected chi connectivity index (χ3v) is 9.40. The Morgan fingerprint density at radius 2 is 1.63 bits per heavy atom. The van der Waals surface area contributed by atoms with E-state index >= 15 is 0 Å². The molecule has 1 unspecified atom stereocenters. The van der Waals surface area contributed by atoms with E-state index in [0.29, 0.717) is 48.9 Å². The van der Waals surface area contributed by atoms with Crippen molar-refractivity contribution >= 4 is 33.2 Å². The quantitative estimate of drug-likeness (QED) is 0.387. The number of nitrogens with one attached hydrogen (secondary N) is 1. The third kappa shape index (κ3) is 6.50. The van der Waals surface area contributed by atoms with Crippen LogP contribution in [-0.4, -0.2) is 68.8 Å². The number of carbonyl (C=O) groups excluding carboxylic acids is 2. The van der Waals surface area contributed by atoms with Crippen molar-refractivity contribution in [2.24, 2.45) is 5.92 Å². The molecule has 3 aromatic rings. The molecule has 1 amide bonds. The van der Waals surface area contributed by atoms with Crippen LogP contribution in [0.25, 0.3) is 5.57 Å². The summed E-state index contributed by atoms with van der Waals surface area (Å²) in [6.07, 6.45) is 6.75. The molecule has 43 heavy (non-hydrogen) atoms. The van der Waals surface area contributed by atoms with Gasteiger partial charge in [-0.15, -0.1) is 0 Å². The molecule has 1 aliphatic carbocycles. The first-order valence-corrected chi connectivity index (χ1v) is 15.0. The van der Waals surface area contributed by atoms with E-state index in [9.17, 15) is 26.8 Å². The molecule has 5 rings (SSSR count). The van der Waals surface area contributed by atoms with Crippen molar-refractivity contribution < 1.29 is 31.5 Å². The molecule has 0 spiro atoms. The normalized spacial score (nSPS) is 18.5. The maximum atomic E-state index is 14.4. The maximum absolute atomic E-state index is 14.4. The second-order valence-corrected chi connectivity index (χ2v) is 12.1. The summed E-state index contributed by atoms with van der Waals surface area (Å²) in [6, 6.07) is 16.1. The molecule has 1 N–H and O–H groups in total. The summed E-state index contributed by atoms with van der Waals surface area (Å²) in [7, 11) is -2.65. The zero-order valence-corrected chi connectivity index (χ0v) is 24.1. The lowest BCUT2D eigenvalue weighted by Gasteiger charge is -2.35. The number of ether oxygens (including phenoxy) is 1. The monoisotopic (exact) mass is 608 g/mol. The van der Waals surface area contributed by atoms with Crippen molar-refractivity contribution in [3.8, 4) is 0 Å². The highest BCUT2D eigenvalue weighted by molar-refractivity contribution is 7.89. The number of rotatable bonds is 8. The maximum Gasteiger partial charge on any atom is 0.319 e. The second-order valence-electron chi connectivity index (χ2n) is 10.1. The van der Waals surface area contributed by atoms with Crippen LogP contribution in [0.5, 0.6) is 0 Å². The lowest BCUT2D eigenvalue weighted by Crippen LogP contribution is -2.48. The molecule has 1 aliphatic heterocycles. The molecule has 1 aromatic heterocycles. The Kier molecular flexibility index (Phi) is 8.69. The summed E-state index contributed by atoms with van der Waals surface area (Å²) in [6.45, 7) is 1.93. The number of esters is 1. The molecule has 0 radical (unpaired) electrons. The first kappa shape index (κ1) is 30.1. The minimum atomic E-state index is -3.72. The number of aromatic nitrogens is 1. The summed E-state index contributed by atoms with van der Waals surface area (Å²) in [5, 5.41) is 2.78. The van der Waals surface area contributed by atoms with E-state index in [1.54, 1.807) is 36.7 Å². The van der Waals surface area contributed by atoms with Gasteiger partial charge in [0.05, 0.1) is 12.0 Å². The van der Waals surface area contributed by atoms with Crippen LogP contribution in [0.3, 0.4) is 0 Å². The fraction of sp³-hybridized carbons (Fsp3) is 0.258. The van der Waals surface area contributed by atoms with Gasteiger partial charge in [0.1, 0.15) is 5.92 Å². The summed E-state index contributed by atoms with van der Waals surface area (Å²) >= 11 is 0. The Morgan fingerprint density at radius 3 is 2.26 bits per heavy atom. The third-order valence-electron chi connectivity index (χ3n) is 7.49. The van der Waals surface area contributed by atoms with Crippen LogP contribution in [0.1, 0.15) is 21.5 Å². The second kappa shape index (κ2) is 12.4. The number of piperazine rings is 1. The molecular formula is C31H30F2N4O5S. The lowest BCUT2D eigenvalue weighted by atomic mass is 9.84. The van der Waals surface area contributed by atoms with Crippen molar-refractivity contribution in [3.63, 3.8) is 0 Å². The SMILES string of the molecule is COC(=O)C1C(c2ccc(CNC(=O)c3ccc(S(=O)(=O)N4CCN(c5ccncc5)CC4)cc3)cc2)=CC=CC1(F)F. The molecule has 224 valence electrons. The number of nitrogens with zero attached hydrogens (tertiary/aromatic N) is 3. The average molecular weight is 609 g/mol. The van der Waals surface area contributed by atoms with Gasteiger partial charge in [0, 0.05) is 56.4 Å². The summed E-state index contributed by atoms with van der Waals surface area (Å²) in [5.41, 5.74) is 2.57. The first-order chi connectivity index (χ1) is 20.6. The number of sulfonamides is 1. The Balaban J connectivity index is 1.17. The van der Waals surface area contributed by atoms with Gasteiger partial charge in [0.2, 0.25) is 10.0 Å². The van der Waals surface area contributed by atoms with Gasteiger partial charge in [-0.1, -0.05) is 36.4 Å². The van der Waals surface area contributed by atoms with Gasteiger partial charge in [0.25, 0.3) is 11.8 Å². The van der Waals surface area contributed by atoms with Gasteiger partial charge in [-0.25, -0.2) is 17.2 Å². The number of hydrogen-bond donors (Lipinski definition) is 1. The predicted octanol–water partition coefficient (Wildman–Crippen LogP) is 3.90. The molecular weight excluding hydrogens is 578 g/mol. The number of allylic oxidation sites excluding steroid dienone is 3. The number of anilines is 1. The summed E-state index contributed by atoms with van der Waals surface area (Å²) < 4.78 is 61.3. The number of pyridine rings is 1. The van der Waals surface area contributed by atoms with Gasteiger partial charge in [-0.3, -0.25) is 14.6 Å². The summed E-state index contributed by atoms with van der Waals surface area (Å²) in [4.78, 5) is 31.1. The van der Waals surface area contributed by atoms with E-state index < -0.39 is 33.7 Å². The van der Waals surface area contributed by atoms with Gasteiger partial charge in [0.15, 0.2) is 0 Å². The predicted molar refractivity (Wildman–Crippen MR) is 157 cm³/mol. The summed E-state index contributed by atoms with van der Waals surface area (Å²) in [5.74, 6) is -6.56. The smallest absolute Gasteiger partial charge is 0.319 e. The minimum Gasteiger partial charge on any atom is -0.468 e. The highest BCUT2D eigenvalue weighted by atomic mass is 32.2. The zero-order valence-electron chi connectivity index (χ0n) is 23.3. The molecule has 2 heterocycles. The first-order valence-electron chi connectivity index (χ1n) is 13.6. The average Bonchev–Trinajstić information content (AvgIpc) is 3.03. The van der Waals surface area contributed by atoms with Crippen molar-refractivity contribution in [2.75, 3.05) is 38.2 Å². The fourth-order valence-corrected chi connectivity index (χ4v) is 6.54. The minimum absolute atomic E-state index is 0.111. The number of benzene rings is 2. The largest absolute Gasteiger partial charge is 0.468 e. The number of carbonyl (C=O) groups is 2. The van der Waals surface area contributed by atoms with Crippen molar-refractivity contribution in [2.45, 2.75) is 17.4 Å². The molecule has 1 saturated heterocycles. The number of halogens is 2. The van der Waals surface area contributed by atoms with Crippen molar-refractivity contribution in [1.29, 1.82) is 0 Å². The standard InChI is InChI=1S/C31H30F2N4O5S/c1-42-30(39)28-27(3-2-14-31(28,32)33)23-6-4-22(5-7-23)21-35-29(38)24-8-10-26(11-9-24)43(40,41)37-19-17-36(18-20-37)25-12-15-34-16-13-25/h2-16,28H,17-21H2,1H3,(H,35,38). The van der Waals surface area contributed by atoms with Crippen molar-refractivity contribution in [3.05, 3.63) is 108 Å². The highest BCUT2D eigenvalue weighted by Crippen LogP contribution is 2.40. The van der Waals surface area contributed by atoms with Gasteiger partial charge < -0.3 is 15.0 Å². The van der Waals surface area contributed by atoms with Gasteiger partial charge >= 0.3 is 5.97 Å². The Hall–Kier alpha value is -4.42. The molecule has 12 heteroatoms. The fourth-order valence-electron chi connectivity index (χ4n) is 5.11. The molecule has 1 atom stereocenters. The van der Waals surface area contributed by atoms with Crippen LogP contribution in [-0.2, 0) is 26.1 Å². The topological polar surface area (TPSA) is 109 Å². The number of alkyl halides is 2.